The van der Waals surface area contributed by atoms with Crippen LogP contribution in [-0.2, 0) is 9.59 Å². The first-order valence-electron chi connectivity index (χ1n) is 8.07. The minimum atomic E-state index is -0.794. The Labute approximate surface area is 139 Å². The van der Waals surface area contributed by atoms with Gasteiger partial charge in [0.15, 0.2) is 0 Å². The summed E-state index contributed by atoms with van der Waals surface area (Å²) in [7, 11) is 3.75. The number of nitrogens with one attached hydrogen (secondary N) is 2. The topological polar surface area (TPSA) is 61.4 Å². The van der Waals surface area contributed by atoms with Crippen LogP contribution in [-0.4, -0.2) is 50.3 Å². The molecule has 2 N–H and O–H groups in total. The lowest BCUT2D eigenvalue weighted by Gasteiger charge is -2.34. The molecule has 0 aromatic rings. The zero-order chi connectivity index (χ0) is 17.5. The molecule has 2 rings (SSSR count). The van der Waals surface area contributed by atoms with Crippen molar-refractivity contribution in [2.24, 2.45) is 5.41 Å². The van der Waals surface area contributed by atoms with Gasteiger partial charge in [-0.2, -0.15) is 0 Å². The molecule has 0 bridgehead atoms. The third kappa shape index (κ3) is 3.79. The molecule has 1 fully saturated rings. The fourth-order valence-electron chi connectivity index (χ4n) is 3.23. The third-order valence-electron chi connectivity index (χ3n) is 4.38. The largest absolute Gasteiger partial charge is 0.323 e. The van der Waals surface area contributed by atoms with Gasteiger partial charge in [0.25, 0.3) is 0 Å². The summed E-state index contributed by atoms with van der Waals surface area (Å²) in [5.74, 6) is 0.00120. The zero-order valence-electron chi connectivity index (χ0n) is 14.5. The van der Waals surface area contributed by atoms with Crippen LogP contribution in [0.1, 0.15) is 26.2 Å². The molecule has 1 unspecified atom stereocenters. The minimum absolute atomic E-state index is 0.00120. The molecule has 2 aliphatic rings. The van der Waals surface area contributed by atoms with E-state index in [1.54, 1.807) is 12.2 Å². The molecule has 1 saturated heterocycles. The number of rotatable bonds is 5. The van der Waals surface area contributed by atoms with Crippen molar-refractivity contribution < 1.29 is 9.59 Å². The highest BCUT2D eigenvalue weighted by Gasteiger charge is 2.49. The lowest BCUT2D eigenvalue weighted by atomic mass is 9.80. The van der Waals surface area contributed by atoms with Gasteiger partial charge in [-0.15, -0.1) is 0 Å². The van der Waals surface area contributed by atoms with E-state index in [4.69, 9.17) is 0 Å². The number of carbonyl (C=O) groups is 2. The molecule has 2 aliphatic heterocycles. The lowest BCUT2D eigenvalue weighted by Crippen LogP contribution is -2.46. The predicted octanol–water partition coefficient (Wildman–Crippen LogP) is 1.64. The Balaban J connectivity index is 0.000000816. The molecular formula is C18H29N3O2. The van der Waals surface area contributed by atoms with E-state index in [9.17, 15) is 9.59 Å². The van der Waals surface area contributed by atoms with Crippen LogP contribution in [0.3, 0.4) is 0 Å². The highest BCUT2D eigenvalue weighted by molar-refractivity contribution is 5.94. The fraction of sp³-hybridized carbons (Fsp3) is 0.556. The first-order chi connectivity index (χ1) is 11.0. The zero-order valence-corrected chi connectivity index (χ0v) is 14.5. The summed E-state index contributed by atoms with van der Waals surface area (Å²) in [6.45, 7) is 11.3. The van der Waals surface area contributed by atoms with Crippen molar-refractivity contribution in [3.63, 3.8) is 0 Å². The maximum atomic E-state index is 12.9. The summed E-state index contributed by atoms with van der Waals surface area (Å²) in [5, 5.41) is 6.05. The van der Waals surface area contributed by atoms with Crippen LogP contribution < -0.4 is 10.6 Å². The van der Waals surface area contributed by atoms with Gasteiger partial charge in [-0.05, 0) is 58.6 Å². The van der Waals surface area contributed by atoms with Gasteiger partial charge in [0.05, 0.1) is 5.41 Å². The van der Waals surface area contributed by atoms with E-state index in [2.05, 4.69) is 23.8 Å². The Hall–Kier alpha value is -1.72. The van der Waals surface area contributed by atoms with Crippen molar-refractivity contribution in [2.45, 2.75) is 32.2 Å². The Morgan fingerprint density at radius 2 is 1.87 bits per heavy atom. The van der Waals surface area contributed by atoms with Crippen molar-refractivity contribution >= 4 is 12.2 Å². The molecule has 128 valence electrons. The Morgan fingerprint density at radius 3 is 2.30 bits per heavy atom. The van der Waals surface area contributed by atoms with E-state index in [0.717, 1.165) is 43.5 Å². The van der Waals surface area contributed by atoms with Crippen molar-refractivity contribution in [2.75, 3.05) is 27.2 Å². The Bertz CT molecular complexity index is 492. The molecule has 0 aliphatic carbocycles. The van der Waals surface area contributed by atoms with Crippen LogP contribution in [0, 0.1) is 5.41 Å². The molecule has 5 heteroatoms. The van der Waals surface area contributed by atoms with Gasteiger partial charge >= 0.3 is 0 Å². The first kappa shape index (κ1) is 19.3. The molecule has 5 nitrogen and oxygen atoms in total. The summed E-state index contributed by atoms with van der Waals surface area (Å²) < 4.78 is 0. The average molecular weight is 319 g/mol. The standard InChI is InChI=1S/C16H22N2O2.C2H7N/c1-4-13-14(5-2)18(12-6-9-17-10-7-12)15(20)16(13,3)8-11-19;1-3-2/h4-5,11-12,17H,1-2,6-10H2,3H3;3H,1-2H3. The van der Waals surface area contributed by atoms with E-state index in [1.807, 2.05) is 25.9 Å². The summed E-state index contributed by atoms with van der Waals surface area (Å²) in [6.07, 6.45) is 6.25. The lowest BCUT2D eigenvalue weighted by molar-refractivity contribution is -0.138. The second-order valence-electron chi connectivity index (χ2n) is 6.07. The maximum absolute atomic E-state index is 12.9. The molecular weight excluding hydrogens is 290 g/mol. The SMILES string of the molecule is C=CC1=C(C=C)C(C)(CC=O)C(=O)N1C1CCNCC1.CNC. The molecule has 0 aromatic heterocycles. The van der Waals surface area contributed by atoms with E-state index < -0.39 is 5.41 Å². The summed E-state index contributed by atoms with van der Waals surface area (Å²) in [4.78, 5) is 25.7. The number of piperidine rings is 1. The summed E-state index contributed by atoms with van der Waals surface area (Å²) in [5.41, 5.74) is 0.849. The number of aldehydes is 1. The Kier molecular flexibility index (Phi) is 7.39. The van der Waals surface area contributed by atoms with Gasteiger partial charge in [0.2, 0.25) is 5.91 Å². The van der Waals surface area contributed by atoms with Crippen LogP contribution in [0.2, 0.25) is 0 Å². The van der Waals surface area contributed by atoms with Gasteiger partial charge in [-0.1, -0.05) is 19.2 Å². The number of hydrogen-bond donors (Lipinski definition) is 2. The van der Waals surface area contributed by atoms with Crippen molar-refractivity contribution in [3.8, 4) is 0 Å². The highest BCUT2D eigenvalue weighted by Crippen LogP contribution is 2.44. The van der Waals surface area contributed by atoms with Gasteiger partial charge in [0.1, 0.15) is 6.29 Å². The van der Waals surface area contributed by atoms with Crippen LogP contribution in [0.15, 0.2) is 36.6 Å². The van der Waals surface area contributed by atoms with Gasteiger partial charge in [-0.25, -0.2) is 0 Å². The number of amides is 1. The smallest absolute Gasteiger partial charge is 0.238 e. The van der Waals surface area contributed by atoms with E-state index in [1.165, 1.54) is 0 Å². The summed E-state index contributed by atoms with van der Waals surface area (Å²) >= 11 is 0. The van der Waals surface area contributed by atoms with Crippen LogP contribution in [0.5, 0.6) is 0 Å². The van der Waals surface area contributed by atoms with E-state index in [0.29, 0.717) is 0 Å². The molecule has 1 atom stereocenters. The second kappa shape index (κ2) is 8.79. The van der Waals surface area contributed by atoms with Gasteiger partial charge in [0, 0.05) is 18.2 Å². The molecule has 0 spiro atoms. The van der Waals surface area contributed by atoms with Crippen molar-refractivity contribution in [1.29, 1.82) is 0 Å². The molecule has 0 aromatic carbocycles. The predicted molar refractivity (Wildman–Crippen MR) is 93.9 cm³/mol. The van der Waals surface area contributed by atoms with Crippen LogP contribution >= 0.6 is 0 Å². The van der Waals surface area contributed by atoms with Crippen molar-refractivity contribution in [1.82, 2.24) is 15.5 Å². The number of carbonyl (C=O) groups excluding carboxylic acids is 2. The number of nitrogens with zero attached hydrogens (tertiary/aromatic N) is 1. The monoisotopic (exact) mass is 319 g/mol. The van der Waals surface area contributed by atoms with Gasteiger partial charge in [-0.3, -0.25) is 4.79 Å². The van der Waals surface area contributed by atoms with E-state index in [-0.39, 0.29) is 18.4 Å². The molecule has 1 amide bonds. The van der Waals surface area contributed by atoms with Crippen molar-refractivity contribution in [3.05, 3.63) is 36.6 Å². The second-order valence-corrected chi connectivity index (χ2v) is 6.07. The number of allylic oxidation sites excluding steroid dienone is 2. The number of hydrogen-bond acceptors (Lipinski definition) is 4. The average Bonchev–Trinajstić information content (AvgIpc) is 2.76. The van der Waals surface area contributed by atoms with Gasteiger partial charge < -0.3 is 20.3 Å². The Morgan fingerprint density at radius 1 is 1.30 bits per heavy atom. The molecule has 0 saturated carbocycles. The highest BCUT2D eigenvalue weighted by atomic mass is 16.2. The molecule has 0 radical (unpaired) electrons. The quantitative estimate of drug-likeness (QED) is 0.756. The molecule has 23 heavy (non-hydrogen) atoms. The molecule has 2 heterocycles. The summed E-state index contributed by atoms with van der Waals surface area (Å²) in [6, 6.07) is 0.181. The minimum Gasteiger partial charge on any atom is -0.323 e. The van der Waals surface area contributed by atoms with Crippen LogP contribution in [0.25, 0.3) is 0 Å². The van der Waals surface area contributed by atoms with Crippen LogP contribution in [0.4, 0.5) is 0 Å². The maximum Gasteiger partial charge on any atom is 0.238 e. The fourth-order valence-corrected chi connectivity index (χ4v) is 3.23. The normalized spacial score (nSPS) is 25.0. The van der Waals surface area contributed by atoms with E-state index >= 15 is 0 Å². The third-order valence-corrected chi connectivity index (χ3v) is 4.38. The first-order valence-corrected chi connectivity index (χ1v) is 8.07.